The van der Waals surface area contributed by atoms with E-state index in [2.05, 4.69) is 10.6 Å². The standard InChI is InChI=1S/C27H25FN2O5/c1-27(2,25(33)30-23-12-11-16(28)13-21(23)24(31)32)15-29-26(34)35-14-22-19-9-5-3-7-17(19)18-8-4-6-10-20(18)22/h3-13,22H,14-15H2,1-2H3,(H,29,34)(H,30,33)(H,31,32). The molecule has 7 nitrogen and oxygen atoms in total. The van der Waals surface area contributed by atoms with Gasteiger partial charge in [-0.1, -0.05) is 48.5 Å². The van der Waals surface area contributed by atoms with E-state index in [0.29, 0.717) is 0 Å². The fourth-order valence-electron chi connectivity index (χ4n) is 4.12. The van der Waals surface area contributed by atoms with Gasteiger partial charge in [0.1, 0.15) is 12.4 Å². The lowest BCUT2D eigenvalue weighted by molar-refractivity contribution is -0.123. The Morgan fingerprint density at radius 3 is 2.17 bits per heavy atom. The van der Waals surface area contributed by atoms with Crippen LogP contribution in [0.4, 0.5) is 14.9 Å². The summed E-state index contributed by atoms with van der Waals surface area (Å²) >= 11 is 0. The van der Waals surface area contributed by atoms with Crippen molar-refractivity contribution in [3.05, 3.63) is 89.2 Å². The summed E-state index contributed by atoms with van der Waals surface area (Å²) in [5, 5.41) is 14.4. The minimum atomic E-state index is -1.37. The van der Waals surface area contributed by atoms with E-state index in [1.807, 2.05) is 48.5 Å². The highest BCUT2D eigenvalue weighted by molar-refractivity contribution is 6.02. The normalized spacial score (nSPS) is 12.4. The number of carbonyl (C=O) groups excluding carboxylic acids is 2. The first-order valence-corrected chi connectivity index (χ1v) is 11.1. The number of carboxylic acid groups (broad SMARTS) is 1. The van der Waals surface area contributed by atoms with E-state index in [-0.39, 0.29) is 30.3 Å². The van der Waals surface area contributed by atoms with Crippen LogP contribution in [0.2, 0.25) is 0 Å². The van der Waals surface area contributed by atoms with E-state index in [0.717, 1.165) is 34.4 Å². The Kier molecular flexibility index (Phi) is 6.55. The molecule has 0 heterocycles. The number of halogens is 1. The Bertz CT molecular complexity index is 1260. The summed E-state index contributed by atoms with van der Waals surface area (Å²) in [5.74, 6) is -2.71. The molecule has 2 amide bonds. The molecule has 0 aromatic heterocycles. The van der Waals surface area contributed by atoms with Gasteiger partial charge in [-0.25, -0.2) is 14.0 Å². The van der Waals surface area contributed by atoms with Crippen molar-refractivity contribution >= 4 is 23.7 Å². The number of alkyl carbamates (subject to hydrolysis) is 1. The van der Waals surface area contributed by atoms with Gasteiger partial charge in [-0.2, -0.15) is 0 Å². The van der Waals surface area contributed by atoms with Crippen molar-refractivity contribution in [2.45, 2.75) is 19.8 Å². The van der Waals surface area contributed by atoms with Gasteiger partial charge >= 0.3 is 12.1 Å². The summed E-state index contributed by atoms with van der Waals surface area (Å²) in [6.45, 7) is 3.27. The maximum atomic E-state index is 13.4. The number of amides is 2. The molecule has 180 valence electrons. The van der Waals surface area contributed by atoms with Crippen LogP contribution in [0, 0.1) is 11.2 Å². The fourth-order valence-corrected chi connectivity index (χ4v) is 4.12. The molecule has 4 rings (SSSR count). The van der Waals surface area contributed by atoms with Crippen molar-refractivity contribution in [2.75, 3.05) is 18.5 Å². The zero-order valence-corrected chi connectivity index (χ0v) is 19.3. The molecule has 3 N–H and O–H groups in total. The summed E-state index contributed by atoms with van der Waals surface area (Å²) in [7, 11) is 0. The highest BCUT2D eigenvalue weighted by Crippen LogP contribution is 2.44. The van der Waals surface area contributed by atoms with E-state index in [4.69, 9.17) is 4.74 Å². The van der Waals surface area contributed by atoms with Crippen LogP contribution < -0.4 is 10.6 Å². The van der Waals surface area contributed by atoms with Gasteiger partial charge < -0.3 is 20.5 Å². The van der Waals surface area contributed by atoms with Gasteiger partial charge in [0.15, 0.2) is 0 Å². The van der Waals surface area contributed by atoms with Crippen LogP contribution in [-0.4, -0.2) is 36.2 Å². The summed E-state index contributed by atoms with van der Waals surface area (Å²) in [5.41, 5.74) is 2.93. The molecule has 3 aromatic carbocycles. The molecule has 0 saturated heterocycles. The topological polar surface area (TPSA) is 105 Å². The number of ether oxygens (including phenoxy) is 1. The van der Waals surface area contributed by atoms with Gasteiger partial charge in [0.2, 0.25) is 5.91 Å². The Labute approximate surface area is 201 Å². The van der Waals surface area contributed by atoms with Crippen LogP contribution in [0.3, 0.4) is 0 Å². The van der Waals surface area contributed by atoms with Crippen molar-refractivity contribution in [3.8, 4) is 11.1 Å². The molecule has 0 bridgehead atoms. The van der Waals surface area contributed by atoms with Crippen LogP contribution in [-0.2, 0) is 9.53 Å². The molecule has 0 saturated carbocycles. The highest BCUT2D eigenvalue weighted by atomic mass is 19.1. The minimum absolute atomic E-state index is 0.0295. The van der Waals surface area contributed by atoms with Gasteiger partial charge in [-0.05, 0) is 54.3 Å². The van der Waals surface area contributed by atoms with Gasteiger partial charge in [-0.3, -0.25) is 4.79 Å². The molecule has 0 unspecified atom stereocenters. The molecule has 3 aromatic rings. The van der Waals surface area contributed by atoms with E-state index in [1.165, 1.54) is 6.07 Å². The number of rotatable bonds is 7. The minimum Gasteiger partial charge on any atom is -0.478 e. The molecule has 0 atom stereocenters. The Morgan fingerprint density at radius 2 is 1.57 bits per heavy atom. The van der Waals surface area contributed by atoms with Crippen LogP contribution >= 0.6 is 0 Å². The van der Waals surface area contributed by atoms with Crippen molar-refractivity contribution in [3.63, 3.8) is 0 Å². The first kappa shape index (κ1) is 23.9. The second-order valence-corrected chi connectivity index (χ2v) is 9.01. The molecular formula is C27H25FN2O5. The maximum absolute atomic E-state index is 13.4. The average Bonchev–Trinajstić information content (AvgIpc) is 3.16. The van der Waals surface area contributed by atoms with Gasteiger partial charge in [0, 0.05) is 12.5 Å². The number of hydrogen-bond donors (Lipinski definition) is 3. The number of anilines is 1. The van der Waals surface area contributed by atoms with Crippen molar-refractivity contribution in [2.24, 2.45) is 5.41 Å². The lowest BCUT2D eigenvalue weighted by Gasteiger charge is -2.24. The molecule has 0 fully saturated rings. The monoisotopic (exact) mass is 476 g/mol. The number of hydrogen-bond acceptors (Lipinski definition) is 4. The van der Waals surface area contributed by atoms with Crippen LogP contribution in [0.5, 0.6) is 0 Å². The number of aromatic carboxylic acids is 1. The molecule has 35 heavy (non-hydrogen) atoms. The molecule has 1 aliphatic carbocycles. The molecular weight excluding hydrogens is 451 g/mol. The SMILES string of the molecule is CC(C)(CNC(=O)OCC1c2ccccc2-c2ccccc21)C(=O)Nc1ccc(F)cc1C(=O)O. The lowest BCUT2D eigenvalue weighted by atomic mass is 9.92. The van der Waals surface area contributed by atoms with Gasteiger partial charge in [0.05, 0.1) is 16.7 Å². The van der Waals surface area contributed by atoms with Crippen molar-refractivity contribution in [1.29, 1.82) is 0 Å². The summed E-state index contributed by atoms with van der Waals surface area (Å²) in [6.07, 6.45) is -0.666. The number of benzene rings is 3. The zero-order valence-electron chi connectivity index (χ0n) is 19.3. The molecule has 0 aliphatic heterocycles. The van der Waals surface area contributed by atoms with Crippen LogP contribution in [0.25, 0.3) is 11.1 Å². The third-order valence-corrected chi connectivity index (χ3v) is 6.09. The van der Waals surface area contributed by atoms with Gasteiger partial charge in [-0.15, -0.1) is 0 Å². The average molecular weight is 477 g/mol. The quantitative estimate of drug-likeness (QED) is 0.444. The highest BCUT2D eigenvalue weighted by Gasteiger charge is 2.31. The lowest BCUT2D eigenvalue weighted by Crippen LogP contribution is -2.42. The van der Waals surface area contributed by atoms with Crippen molar-refractivity contribution < 1.29 is 28.6 Å². The molecule has 8 heteroatoms. The molecule has 0 spiro atoms. The predicted octanol–water partition coefficient (Wildman–Crippen LogP) is 5.03. The second kappa shape index (κ2) is 9.58. The largest absolute Gasteiger partial charge is 0.478 e. The third-order valence-electron chi connectivity index (χ3n) is 6.09. The van der Waals surface area contributed by atoms with Crippen LogP contribution in [0.1, 0.15) is 41.3 Å². The van der Waals surface area contributed by atoms with E-state index in [1.54, 1.807) is 13.8 Å². The van der Waals surface area contributed by atoms with E-state index in [9.17, 15) is 23.9 Å². The Balaban J connectivity index is 1.36. The number of carbonyl (C=O) groups is 3. The zero-order chi connectivity index (χ0) is 25.2. The Morgan fingerprint density at radius 1 is 0.971 bits per heavy atom. The first-order chi connectivity index (χ1) is 16.7. The first-order valence-electron chi connectivity index (χ1n) is 11.1. The number of nitrogens with one attached hydrogen (secondary N) is 2. The Hall–Kier alpha value is -4.20. The third kappa shape index (κ3) is 5.01. The van der Waals surface area contributed by atoms with Crippen molar-refractivity contribution in [1.82, 2.24) is 5.32 Å². The molecule has 1 aliphatic rings. The summed E-state index contributed by atoms with van der Waals surface area (Å²) in [4.78, 5) is 36.6. The van der Waals surface area contributed by atoms with Gasteiger partial charge in [0.25, 0.3) is 0 Å². The second-order valence-electron chi connectivity index (χ2n) is 9.01. The fraction of sp³-hybridized carbons (Fsp3) is 0.222. The molecule has 0 radical (unpaired) electrons. The number of fused-ring (bicyclic) bond motifs is 3. The summed E-state index contributed by atoms with van der Waals surface area (Å²) < 4.78 is 18.9. The van der Waals surface area contributed by atoms with E-state index >= 15 is 0 Å². The maximum Gasteiger partial charge on any atom is 0.407 e. The predicted molar refractivity (Wildman–Crippen MR) is 129 cm³/mol. The smallest absolute Gasteiger partial charge is 0.407 e. The van der Waals surface area contributed by atoms with E-state index < -0.39 is 29.2 Å². The summed E-state index contributed by atoms with van der Waals surface area (Å²) in [6, 6.07) is 19.1. The van der Waals surface area contributed by atoms with Crippen LogP contribution in [0.15, 0.2) is 66.7 Å². The number of carboxylic acids is 1.